The Kier molecular flexibility index (Phi) is 4.83. The Labute approximate surface area is 142 Å². The molecule has 4 nitrogen and oxygen atoms in total. The second-order valence-electron chi connectivity index (χ2n) is 4.95. The summed E-state index contributed by atoms with van der Waals surface area (Å²) in [6, 6.07) is 13.7. The Hall–Kier alpha value is -2.05. The number of aryl methyl sites for hydroxylation is 1. The molecule has 0 saturated carbocycles. The molecule has 0 saturated heterocycles. The van der Waals surface area contributed by atoms with Gasteiger partial charge >= 0.3 is 0 Å². The number of carbonyl (C=O) groups excluding carboxylic acids is 1. The first-order chi connectivity index (χ1) is 11.2. The van der Waals surface area contributed by atoms with E-state index in [4.69, 9.17) is 4.74 Å². The molecule has 1 amide bonds. The van der Waals surface area contributed by atoms with Crippen LogP contribution in [0.2, 0.25) is 0 Å². The Bertz CT molecular complexity index is 828. The van der Waals surface area contributed by atoms with Crippen molar-refractivity contribution in [2.24, 2.45) is 0 Å². The van der Waals surface area contributed by atoms with Crippen molar-refractivity contribution in [3.8, 4) is 5.75 Å². The van der Waals surface area contributed by atoms with Gasteiger partial charge in [-0.3, -0.25) is 4.79 Å². The molecule has 118 valence electrons. The van der Waals surface area contributed by atoms with Crippen LogP contribution in [-0.4, -0.2) is 23.8 Å². The minimum atomic E-state index is -0.0532. The molecule has 0 aliphatic rings. The first kappa shape index (κ1) is 15.8. The molecule has 1 heterocycles. The molecule has 6 heteroatoms. The highest BCUT2D eigenvalue weighted by molar-refractivity contribution is 8.00. The van der Waals surface area contributed by atoms with Gasteiger partial charge in [0.15, 0.2) is 5.13 Å². The number of fused-ring (bicyclic) bond motifs is 1. The molecule has 3 aromatic rings. The van der Waals surface area contributed by atoms with E-state index in [1.807, 2.05) is 49.4 Å². The second-order valence-corrected chi connectivity index (χ2v) is 7.03. The van der Waals surface area contributed by atoms with Gasteiger partial charge in [0.1, 0.15) is 5.75 Å². The fourth-order valence-corrected chi connectivity index (χ4v) is 3.77. The molecule has 0 fully saturated rings. The first-order valence-corrected chi connectivity index (χ1v) is 8.89. The zero-order valence-corrected chi connectivity index (χ0v) is 14.5. The second kappa shape index (κ2) is 7.02. The molecule has 0 bridgehead atoms. The van der Waals surface area contributed by atoms with E-state index in [0.29, 0.717) is 10.9 Å². The Morgan fingerprint density at radius 2 is 2.04 bits per heavy atom. The fourth-order valence-electron chi connectivity index (χ4n) is 2.12. The van der Waals surface area contributed by atoms with E-state index in [2.05, 4.69) is 10.3 Å². The maximum absolute atomic E-state index is 12.1. The number of ether oxygens (including phenoxy) is 1. The lowest BCUT2D eigenvalue weighted by Gasteiger charge is -2.03. The van der Waals surface area contributed by atoms with E-state index in [1.165, 1.54) is 23.1 Å². The van der Waals surface area contributed by atoms with Crippen LogP contribution in [0.4, 0.5) is 5.13 Å². The van der Waals surface area contributed by atoms with Crippen LogP contribution in [-0.2, 0) is 4.79 Å². The van der Waals surface area contributed by atoms with Crippen LogP contribution in [0.1, 0.15) is 5.56 Å². The summed E-state index contributed by atoms with van der Waals surface area (Å²) in [4.78, 5) is 17.6. The van der Waals surface area contributed by atoms with E-state index in [9.17, 15) is 4.79 Å². The van der Waals surface area contributed by atoms with Crippen LogP contribution in [0, 0.1) is 6.92 Å². The molecule has 3 rings (SSSR count). The molecule has 1 N–H and O–H groups in total. The molecule has 0 atom stereocenters. The van der Waals surface area contributed by atoms with E-state index >= 15 is 0 Å². The van der Waals surface area contributed by atoms with Gasteiger partial charge in [0.25, 0.3) is 0 Å². The number of nitrogens with zero attached hydrogens (tertiary/aromatic N) is 1. The van der Waals surface area contributed by atoms with E-state index in [0.717, 1.165) is 26.4 Å². The lowest BCUT2D eigenvalue weighted by molar-refractivity contribution is -0.113. The van der Waals surface area contributed by atoms with Crippen molar-refractivity contribution in [3.63, 3.8) is 0 Å². The molecule has 0 radical (unpaired) electrons. The number of benzene rings is 2. The van der Waals surface area contributed by atoms with E-state index in [-0.39, 0.29) is 5.91 Å². The summed E-state index contributed by atoms with van der Waals surface area (Å²) in [5.41, 5.74) is 2.07. The van der Waals surface area contributed by atoms with Crippen LogP contribution in [0.5, 0.6) is 5.75 Å². The highest BCUT2D eigenvalue weighted by Crippen LogP contribution is 2.28. The SMILES string of the molecule is COc1ccc(SCC(=O)Nc2nc3c(C)cccc3s2)cc1. The summed E-state index contributed by atoms with van der Waals surface area (Å²) in [5.74, 6) is 1.10. The van der Waals surface area contributed by atoms with Crippen molar-refractivity contribution in [1.29, 1.82) is 0 Å². The van der Waals surface area contributed by atoms with Crippen LogP contribution < -0.4 is 10.1 Å². The fraction of sp³-hybridized carbons (Fsp3) is 0.176. The summed E-state index contributed by atoms with van der Waals surface area (Å²) in [6.07, 6.45) is 0. The molecule has 1 aromatic heterocycles. The van der Waals surface area contributed by atoms with Crippen LogP contribution in [0.3, 0.4) is 0 Å². The first-order valence-electron chi connectivity index (χ1n) is 7.08. The average molecular weight is 344 g/mol. The van der Waals surface area contributed by atoms with Crippen molar-refractivity contribution in [3.05, 3.63) is 48.0 Å². The summed E-state index contributed by atoms with van der Waals surface area (Å²) in [5, 5.41) is 3.52. The van der Waals surface area contributed by atoms with Gasteiger partial charge in [-0.2, -0.15) is 0 Å². The summed E-state index contributed by atoms with van der Waals surface area (Å²) >= 11 is 2.98. The number of aromatic nitrogens is 1. The average Bonchev–Trinajstić information content (AvgIpc) is 2.97. The monoisotopic (exact) mass is 344 g/mol. The normalized spacial score (nSPS) is 10.7. The highest BCUT2D eigenvalue weighted by atomic mass is 32.2. The van der Waals surface area contributed by atoms with E-state index in [1.54, 1.807) is 7.11 Å². The Morgan fingerprint density at radius 3 is 2.74 bits per heavy atom. The third-order valence-electron chi connectivity index (χ3n) is 3.30. The number of anilines is 1. The zero-order valence-electron chi connectivity index (χ0n) is 12.8. The topological polar surface area (TPSA) is 51.2 Å². The number of para-hydroxylation sites is 1. The highest BCUT2D eigenvalue weighted by Gasteiger charge is 2.09. The standard InChI is InChI=1S/C17H16N2O2S2/c1-11-4-3-5-14-16(11)19-17(23-14)18-15(20)10-22-13-8-6-12(21-2)7-9-13/h3-9H,10H2,1-2H3,(H,18,19,20). The molecule has 0 aliphatic carbocycles. The van der Waals surface area contributed by atoms with Gasteiger partial charge < -0.3 is 10.1 Å². The molecule has 0 aliphatic heterocycles. The largest absolute Gasteiger partial charge is 0.497 e. The zero-order chi connectivity index (χ0) is 16.2. The molecule has 2 aromatic carbocycles. The van der Waals surface area contributed by atoms with Crippen molar-refractivity contribution in [1.82, 2.24) is 4.98 Å². The molecule has 0 unspecified atom stereocenters. The van der Waals surface area contributed by atoms with Crippen molar-refractivity contribution in [2.45, 2.75) is 11.8 Å². The smallest absolute Gasteiger partial charge is 0.236 e. The number of thioether (sulfide) groups is 1. The lowest BCUT2D eigenvalue weighted by Crippen LogP contribution is -2.13. The third kappa shape index (κ3) is 3.83. The van der Waals surface area contributed by atoms with Gasteiger partial charge in [-0.25, -0.2) is 4.98 Å². The minimum Gasteiger partial charge on any atom is -0.497 e. The van der Waals surface area contributed by atoms with Gasteiger partial charge in [-0.15, -0.1) is 11.8 Å². The van der Waals surface area contributed by atoms with Gasteiger partial charge in [0.2, 0.25) is 5.91 Å². The van der Waals surface area contributed by atoms with Gasteiger partial charge in [-0.1, -0.05) is 23.5 Å². The number of rotatable bonds is 5. The Morgan fingerprint density at radius 1 is 1.26 bits per heavy atom. The maximum atomic E-state index is 12.1. The number of methoxy groups -OCH3 is 1. The van der Waals surface area contributed by atoms with Crippen molar-refractivity contribution in [2.75, 3.05) is 18.2 Å². The van der Waals surface area contributed by atoms with E-state index < -0.39 is 0 Å². The molecule has 23 heavy (non-hydrogen) atoms. The van der Waals surface area contributed by atoms with Crippen LogP contribution in [0.25, 0.3) is 10.2 Å². The van der Waals surface area contributed by atoms with Gasteiger partial charge in [-0.05, 0) is 42.8 Å². The number of carbonyl (C=O) groups is 1. The molecule has 0 spiro atoms. The quantitative estimate of drug-likeness (QED) is 0.699. The number of thiazole rings is 1. The van der Waals surface area contributed by atoms with Crippen molar-refractivity contribution >= 4 is 44.4 Å². The summed E-state index contributed by atoms with van der Waals surface area (Å²) in [6.45, 7) is 2.02. The van der Waals surface area contributed by atoms with Crippen LogP contribution in [0.15, 0.2) is 47.4 Å². The lowest BCUT2D eigenvalue weighted by atomic mass is 10.2. The third-order valence-corrected chi connectivity index (χ3v) is 5.24. The van der Waals surface area contributed by atoms with Gasteiger partial charge in [0.05, 0.1) is 23.1 Å². The maximum Gasteiger partial charge on any atom is 0.236 e. The predicted molar refractivity (Wildman–Crippen MR) is 96.7 cm³/mol. The summed E-state index contributed by atoms with van der Waals surface area (Å²) in [7, 11) is 1.63. The van der Waals surface area contributed by atoms with Crippen molar-refractivity contribution < 1.29 is 9.53 Å². The minimum absolute atomic E-state index is 0.0532. The number of hydrogen-bond donors (Lipinski definition) is 1. The Balaban J connectivity index is 1.60. The van der Waals surface area contributed by atoms with Crippen LogP contribution >= 0.6 is 23.1 Å². The number of nitrogens with one attached hydrogen (secondary N) is 1. The predicted octanol–water partition coefficient (Wildman–Crippen LogP) is 4.34. The number of hydrogen-bond acceptors (Lipinski definition) is 5. The van der Waals surface area contributed by atoms with Gasteiger partial charge in [0, 0.05) is 4.90 Å². The molecular formula is C17H16N2O2S2. The summed E-state index contributed by atoms with van der Waals surface area (Å²) < 4.78 is 6.20. The number of amides is 1. The molecular weight excluding hydrogens is 328 g/mol.